The lowest BCUT2D eigenvalue weighted by Crippen LogP contribution is -2.11. The normalized spacial score (nSPS) is 11.6. The highest BCUT2D eigenvalue weighted by molar-refractivity contribution is 7.56. The maximum atomic E-state index is 2.29. The van der Waals surface area contributed by atoms with Crippen molar-refractivity contribution in [3.8, 4) is 0 Å². The number of benzene rings is 3. The molecule has 20 heavy (non-hydrogen) atoms. The molecule has 0 aliphatic carbocycles. The van der Waals surface area contributed by atoms with E-state index in [1.165, 1.54) is 38.1 Å². The third-order valence-electron chi connectivity index (χ3n) is 3.73. The maximum absolute atomic E-state index is 2.29. The fourth-order valence-electron chi connectivity index (χ4n) is 2.85. The van der Waals surface area contributed by atoms with Crippen LogP contribution in [0.5, 0.6) is 0 Å². The molecule has 0 spiro atoms. The lowest BCUT2D eigenvalue weighted by atomic mass is 10.1. The van der Waals surface area contributed by atoms with Crippen molar-refractivity contribution in [2.75, 3.05) is 0 Å². The Morgan fingerprint density at radius 3 is 2.15 bits per heavy atom. The molecule has 0 N–H and O–H groups in total. The SMILES string of the molecule is Cc1cc(C)c(Pc2cccc3ccccc23)c(C)c1. The molecule has 1 heteroatoms. The Bertz CT molecular complexity index is 743. The van der Waals surface area contributed by atoms with Gasteiger partial charge in [0.05, 0.1) is 0 Å². The van der Waals surface area contributed by atoms with E-state index in [1.807, 2.05) is 0 Å². The maximum Gasteiger partial charge on any atom is -0.0106 e. The zero-order valence-corrected chi connectivity index (χ0v) is 13.2. The van der Waals surface area contributed by atoms with E-state index >= 15 is 0 Å². The van der Waals surface area contributed by atoms with Gasteiger partial charge in [-0.15, -0.1) is 0 Å². The van der Waals surface area contributed by atoms with Gasteiger partial charge in [0, 0.05) is 0 Å². The fourth-order valence-corrected chi connectivity index (χ4v) is 4.20. The minimum absolute atomic E-state index is 0.725. The molecule has 0 saturated heterocycles. The highest BCUT2D eigenvalue weighted by Gasteiger charge is 2.07. The van der Waals surface area contributed by atoms with Gasteiger partial charge < -0.3 is 0 Å². The van der Waals surface area contributed by atoms with E-state index in [0.717, 1.165) is 8.58 Å². The van der Waals surface area contributed by atoms with Crippen LogP contribution in [0, 0.1) is 20.8 Å². The molecule has 0 radical (unpaired) electrons. The second kappa shape index (κ2) is 5.38. The molecule has 0 aliphatic rings. The van der Waals surface area contributed by atoms with E-state index in [0.29, 0.717) is 0 Å². The summed E-state index contributed by atoms with van der Waals surface area (Å²) in [5.74, 6) is 0. The van der Waals surface area contributed by atoms with Gasteiger partial charge in [0.25, 0.3) is 0 Å². The van der Waals surface area contributed by atoms with Gasteiger partial charge in [-0.05, 0) is 53.3 Å². The minimum Gasteiger partial charge on any atom is -0.0616 e. The first kappa shape index (κ1) is 13.3. The lowest BCUT2D eigenvalue weighted by molar-refractivity contribution is 1.36. The smallest absolute Gasteiger partial charge is 0.0106 e. The van der Waals surface area contributed by atoms with Crippen LogP contribution < -0.4 is 10.6 Å². The van der Waals surface area contributed by atoms with E-state index in [-0.39, 0.29) is 0 Å². The van der Waals surface area contributed by atoms with Crippen LogP contribution in [0.2, 0.25) is 0 Å². The quantitative estimate of drug-likeness (QED) is 0.610. The van der Waals surface area contributed by atoms with E-state index in [1.54, 1.807) is 0 Å². The first-order chi connectivity index (χ1) is 9.65. The Kier molecular flexibility index (Phi) is 3.59. The molecule has 3 rings (SSSR count). The standard InChI is InChI=1S/C19H19P/c1-13-11-14(2)19(15(3)12-13)20-18-10-6-8-16-7-4-5-9-17(16)18/h4-12,20H,1-3H3. The molecule has 100 valence electrons. The number of hydrogen-bond donors (Lipinski definition) is 0. The molecule has 0 bridgehead atoms. The van der Waals surface area contributed by atoms with Gasteiger partial charge in [0.2, 0.25) is 0 Å². The zero-order valence-electron chi connectivity index (χ0n) is 12.2. The Labute approximate surface area is 122 Å². The molecule has 1 unspecified atom stereocenters. The molecule has 3 aromatic rings. The number of fused-ring (bicyclic) bond motifs is 1. The minimum atomic E-state index is 0.725. The van der Waals surface area contributed by atoms with Crippen molar-refractivity contribution in [2.45, 2.75) is 20.8 Å². The molecule has 0 nitrogen and oxygen atoms in total. The van der Waals surface area contributed by atoms with Crippen molar-refractivity contribution in [3.63, 3.8) is 0 Å². The average molecular weight is 278 g/mol. The lowest BCUT2D eigenvalue weighted by Gasteiger charge is -2.13. The summed E-state index contributed by atoms with van der Waals surface area (Å²) < 4.78 is 0. The highest BCUT2D eigenvalue weighted by Crippen LogP contribution is 2.22. The fraction of sp³-hybridized carbons (Fsp3) is 0.158. The summed E-state index contributed by atoms with van der Waals surface area (Å²) >= 11 is 0. The summed E-state index contributed by atoms with van der Waals surface area (Å²) in [5.41, 5.74) is 4.18. The summed E-state index contributed by atoms with van der Waals surface area (Å²) in [5, 5.41) is 5.65. The Morgan fingerprint density at radius 2 is 1.40 bits per heavy atom. The van der Waals surface area contributed by atoms with Gasteiger partial charge in [0.15, 0.2) is 0 Å². The summed E-state index contributed by atoms with van der Waals surface area (Å²) in [6.45, 7) is 6.63. The van der Waals surface area contributed by atoms with Gasteiger partial charge in [-0.3, -0.25) is 0 Å². The highest BCUT2D eigenvalue weighted by atomic mass is 31.1. The molecule has 0 fully saturated rings. The van der Waals surface area contributed by atoms with Crippen LogP contribution in [0.1, 0.15) is 16.7 Å². The first-order valence-corrected chi connectivity index (χ1v) is 7.98. The van der Waals surface area contributed by atoms with Crippen molar-refractivity contribution in [2.24, 2.45) is 0 Å². The van der Waals surface area contributed by atoms with Crippen molar-refractivity contribution in [1.82, 2.24) is 0 Å². The van der Waals surface area contributed by atoms with Crippen LogP contribution >= 0.6 is 8.58 Å². The van der Waals surface area contributed by atoms with E-state index in [2.05, 4.69) is 75.4 Å². The molecule has 0 heterocycles. The number of rotatable bonds is 2. The predicted molar refractivity (Wildman–Crippen MR) is 92.2 cm³/mol. The van der Waals surface area contributed by atoms with Crippen LogP contribution in [-0.2, 0) is 0 Å². The van der Waals surface area contributed by atoms with Gasteiger partial charge in [0.1, 0.15) is 0 Å². The van der Waals surface area contributed by atoms with Crippen molar-refractivity contribution < 1.29 is 0 Å². The molecule has 0 saturated carbocycles. The third-order valence-corrected chi connectivity index (χ3v) is 5.47. The monoisotopic (exact) mass is 278 g/mol. The molecule has 0 amide bonds. The molecular formula is C19H19P. The van der Waals surface area contributed by atoms with Crippen LogP contribution in [0.4, 0.5) is 0 Å². The Balaban J connectivity index is 2.10. The van der Waals surface area contributed by atoms with Crippen LogP contribution in [-0.4, -0.2) is 0 Å². The number of aryl methyl sites for hydroxylation is 3. The molecule has 1 atom stereocenters. The largest absolute Gasteiger partial charge is 0.0616 e. The predicted octanol–water partition coefficient (Wildman–Crippen LogP) is 4.39. The summed E-state index contributed by atoms with van der Waals surface area (Å²) in [6.07, 6.45) is 0. The number of hydrogen-bond acceptors (Lipinski definition) is 0. The first-order valence-electron chi connectivity index (χ1n) is 6.98. The Morgan fingerprint density at radius 1 is 0.750 bits per heavy atom. The van der Waals surface area contributed by atoms with Gasteiger partial charge in [-0.2, -0.15) is 0 Å². The third kappa shape index (κ3) is 2.49. The van der Waals surface area contributed by atoms with E-state index in [9.17, 15) is 0 Å². The molecular weight excluding hydrogens is 259 g/mol. The Hall–Kier alpha value is -1.65. The van der Waals surface area contributed by atoms with Crippen LogP contribution in [0.15, 0.2) is 54.6 Å². The van der Waals surface area contributed by atoms with E-state index < -0.39 is 0 Å². The molecule has 0 aromatic heterocycles. The average Bonchev–Trinajstić information content (AvgIpc) is 2.43. The van der Waals surface area contributed by atoms with Crippen LogP contribution in [0.25, 0.3) is 10.8 Å². The topological polar surface area (TPSA) is 0 Å². The second-order valence-corrected chi connectivity index (χ2v) is 6.71. The summed E-state index contributed by atoms with van der Waals surface area (Å²) in [7, 11) is 0.725. The second-order valence-electron chi connectivity index (χ2n) is 5.43. The van der Waals surface area contributed by atoms with Gasteiger partial charge >= 0.3 is 0 Å². The van der Waals surface area contributed by atoms with Crippen LogP contribution in [0.3, 0.4) is 0 Å². The zero-order chi connectivity index (χ0) is 14.1. The molecule has 3 aromatic carbocycles. The van der Waals surface area contributed by atoms with Gasteiger partial charge in [-0.1, -0.05) is 68.7 Å². The molecule has 0 aliphatic heterocycles. The van der Waals surface area contributed by atoms with Crippen molar-refractivity contribution in [3.05, 3.63) is 71.3 Å². The van der Waals surface area contributed by atoms with E-state index in [4.69, 9.17) is 0 Å². The van der Waals surface area contributed by atoms with Gasteiger partial charge in [-0.25, -0.2) is 0 Å². The van der Waals surface area contributed by atoms with Crippen molar-refractivity contribution in [1.29, 1.82) is 0 Å². The summed E-state index contributed by atoms with van der Waals surface area (Å²) in [4.78, 5) is 0. The van der Waals surface area contributed by atoms with Crippen molar-refractivity contribution >= 4 is 30.0 Å². The summed E-state index contributed by atoms with van der Waals surface area (Å²) in [6, 6.07) is 19.9.